The van der Waals surface area contributed by atoms with Crippen LogP contribution in [0.4, 0.5) is 17.2 Å². The summed E-state index contributed by atoms with van der Waals surface area (Å²) < 4.78 is 0.968. The maximum absolute atomic E-state index is 6.04. The highest BCUT2D eigenvalue weighted by Gasteiger charge is 2.09. The Hall–Kier alpha value is -2.66. The summed E-state index contributed by atoms with van der Waals surface area (Å²) in [5.74, 6) is 0.548. The van der Waals surface area contributed by atoms with Gasteiger partial charge in [0.25, 0.3) is 0 Å². The number of fused-ring (bicyclic) bond motifs is 2. The summed E-state index contributed by atoms with van der Waals surface area (Å²) >= 11 is 3.62. The zero-order chi connectivity index (χ0) is 16.7. The van der Waals surface area contributed by atoms with Crippen LogP contribution in [0.25, 0.3) is 21.7 Å². The minimum absolute atomic E-state index is 0.548. The van der Waals surface area contributed by atoms with Gasteiger partial charge in [-0.1, -0.05) is 18.2 Å². The van der Waals surface area contributed by atoms with Crippen LogP contribution in [0.5, 0.6) is 0 Å². The minimum atomic E-state index is 0.548. The number of nitrogens with two attached hydrogens (primary N) is 1. The van der Waals surface area contributed by atoms with Crippen molar-refractivity contribution in [3.63, 3.8) is 0 Å². The van der Waals surface area contributed by atoms with E-state index in [4.69, 9.17) is 5.73 Å². The summed E-state index contributed by atoms with van der Waals surface area (Å²) in [4.78, 5) is 8.76. The molecule has 0 fully saturated rings. The van der Waals surface area contributed by atoms with E-state index in [0.29, 0.717) is 5.82 Å². The van der Waals surface area contributed by atoms with Crippen molar-refractivity contribution in [3.8, 4) is 0 Å². The van der Waals surface area contributed by atoms with Crippen molar-refractivity contribution < 1.29 is 0 Å². The number of aromatic nitrogens is 2. The van der Waals surface area contributed by atoms with E-state index >= 15 is 0 Å². The number of nitrogen functional groups attached to an aromatic ring is 1. The fraction of sp³-hybridized carbons (Fsp3) is 0.0526. The molecule has 0 radical (unpaired) electrons. The number of rotatable bonds is 2. The van der Waals surface area contributed by atoms with Crippen LogP contribution in [-0.4, -0.2) is 9.97 Å². The Labute approximate surface area is 147 Å². The third-order valence-electron chi connectivity index (χ3n) is 4.07. The number of benzene rings is 2. The second-order valence-electron chi connectivity index (χ2n) is 5.66. The number of nitrogens with one attached hydrogen (secondary N) is 1. The second kappa shape index (κ2) is 5.76. The van der Waals surface area contributed by atoms with Gasteiger partial charge in [-0.25, -0.2) is 4.98 Å². The SMILES string of the molecule is Cc1nc(N)c2ccc(Nc3ccnc4ccccc34)cc2c1Br. The highest BCUT2D eigenvalue weighted by atomic mass is 79.9. The Morgan fingerprint density at radius 2 is 1.83 bits per heavy atom. The second-order valence-corrected chi connectivity index (χ2v) is 6.45. The average molecular weight is 379 g/mol. The highest BCUT2D eigenvalue weighted by Crippen LogP contribution is 2.33. The van der Waals surface area contributed by atoms with Crippen molar-refractivity contribution in [1.82, 2.24) is 9.97 Å². The van der Waals surface area contributed by atoms with Crippen molar-refractivity contribution in [2.75, 3.05) is 11.1 Å². The fourth-order valence-electron chi connectivity index (χ4n) is 2.87. The Bertz CT molecular complexity index is 1070. The molecule has 24 heavy (non-hydrogen) atoms. The number of nitrogens with zero attached hydrogens (tertiary/aromatic N) is 2. The standard InChI is InChI=1S/C19H15BrN4/c1-11-18(20)15-10-12(6-7-13(15)19(21)23-11)24-17-8-9-22-16-5-3-2-4-14(16)17/h2-10H,1H3,(H2,21,23)(H,22,24). The van der Waals surface area contributed by atoms with E-state index in [9.17, 15) is 0 Å². The quantitative estimate of drug-likeness (QED) is 0.504. The molecule has 4 aromatic rings. The number of halogens is 1. The molecule has 0 saturated heterocycles. The summed E-state index contributed by atoms with van der Waals surface area (Å²) in [6, 6.07) is 16.1. The van der Waals surface area contributed by atoms with E-state index in [2.05, 4.69) is 43.3 Å². The first-order valence-corrected chi connectivity index (χ1v) is 8.39. The zero-order valence-corrected chi connectivity index (χ0v) is 14.6. The minimum Gasteiger partial charge on any atom is -0.383 e. The van der Waals surface area contributed by atoms with Gasteiger partial charge in [-0.3, -0.25) is 4.98 Å². The Balaban J connectivity index is 1.84. The molecular weight excluding hydrogens is 364 g/mol. The topological polar surface area (TPSA) is 63.8 Å². The number of para-hydroxylation sites is 1. The van der Waals surface area contributed by atoms with Crippen molar-refractivity contribution in [2.24, 2.45) is 0 Å². The van der Waals surface area contributed by atoms with Gasteiger partial charge in [0.05, 0.1) is 11.2 Å². The predicted octanol–water partition coefficient (Wildman–Crippen LogP) is 5.18. The number of hydrogen-bond acceptors (Lipinski definition) is 4. The van der Waals surface area contributed by atoms with Crippen LogP contribution in [-0.2, 0) is 0 Å². The van der Waals surface area contributed by atoms with Crippen LogP contribution in [0.3, 0.4) is 0 Å². The van der Waals surface area contributed by atoms with Gasteiger partial charge in [0, 0.05) is 38.2 Å². The predicted molar refractivity (Wildman–Crippen MR) is 104 cm³/mol. The molecule has 0 atom stereocenters. The largest absolute Gasteiger partial charge is 0.383 e. The molecule has 0 aliphatic heterocycles. The smallest absolute Gasteiger partial charge is 0.131 e. The van der Waals surface area contributed by atoms with Crippen molar-refractivity contribution >= 4 is 54.8 Å². The lowest BCUT2D eigenvalue weighted by Crippen LogP contribution is -1.97. The van der Waals surface area contributed by atoms with Gasteiger partial charge >= 0.3 is 0 Å². The number of anilines is 3. The van der Waals surface area contributed by atoms with E-state index in [-0.39, 0.29) is 0 Å². The number of pyridine rings is 2. The van der Waals surface area contributed by atoms with Gasteiger partial charge in [0.15, 0.2) is 0 Å². The molecule has 4 rings (SSSR count). The van der Waals surface area contributed by atoms with E-state index in [1.54, 1.807) is 0 Å². The van der Waals surface area contributed by atoms with Gasteiger partial charge in [0.1, 0.15) is 5.82 Å². The number of hydrogen-bond donors (Lipinski definition) is 2. The van der Waals surface area contributed by atoms with Gasteiger partial charge in [-0.05, 0) is 53.2 Å². The van der Waals surface area contributed by atoms with E-state index in [1.807, 2.05) is 49.5 Å². The molecule has 0 aliphatic carbocycles. The normalized spacial score (nSPS) is 11.1. The van der Waals surface area contributed by atoms with E-state index in [1.165, 1.54) is 0 Å². The third-order valence-corrected chi connectivity index (χ3v) is 5.07. The Kier molecular flexibility index (Phi) is 3.58. The summed E-state index contributed by atoms with van der Waals surface area (Å²) in [6.07, 6.45) is 1.81. The molecule has 0 unspecified atom stereocenters. The summed E-state index contributed by atoms with van der Waals surface area (Å²) in [5, 5.41) is 6.56. The fourth-order valence-corrected chi connectivity index (χ4v) is 3.29. The molecule has 4 nitrogen and oxygen atoms in total. The molecular formula is C19H15BrN4. The Morgan fingerprint density at radius 3 is 2.71 bits per heavy atom. The van der Waals surface area contributed by atoms with Crippen LogP contribution in [0.1, 0.15) is 5.69 Å². The van der Waals surface area contributed by atoms with Crippen LogP contribution >= 0.6 is 15.9 Å². The lowest BCUT2D eigenvalue weighted by molar-refractivity contribution is 1.21. The molecule has 2 heterocycles. The molecule has 2 aromatic heterocycles. The summed E-state index contributed by atoms with van der Waals surface area (Å²) in [7, 11) is 0. The van der Waals surface area contributed by atoms with Crippen LogP contribution in [0, 0.1) is 6.92 Å². The number of aryl methyl sites for hydroxylation is 1. The van der Waals surface area contributed by atoms with Crippen molar-refractivity contribution in [1.29, 1.82) is 0 Å². The summed E-state index contributed by atoms with van der Waals surface area (Å²) in [6.45, 7) is 1.94. The van der Waals surface area contributed by atoms with Gasteiger partial charge in [0.2, 0.25) is 0 Å². The van der Waals surface area contributed by atoms with Crippen molar-refractivity contribution in [3.05, 3.63) is 64.9 Å². The maximum atomic E-state index is 6.04. The Morgan fingerprint density at radius 1 is 1.00 bits per heavy atom. The lowest BCUT2D eigenvalue weighted by atomic mass is 10.1. The first-order chi connectivity index (χ1) is 11.6. The maximum Gasteiger partial charge on any atom is 0.131 e. The molecule has 0 spiro atoms. The zero-order valence-electron chi connectivity index (χ0n) is 13.0. The molecule has 0 bridgehead atoms. The molecule has 3 N–H and O–H groups in total. The van der Waals surface area contributed by atoms with Gasteiger partial charge in [-0.15, -0.1) is 0 Å². The first-order valence-electron chi connectivity index (χ1n) is 7.59. The van der Waals surface area contributed by atoms with Gasteiger partial charge in [-0.2, -0.15) is 0 Å². The molecule has 0 saturated carbocycles. The average Bonchev–Trinajstić information content (AvgIpc) is 2.60. The van der Waals surface area contributed by atoms with E-state index in [0.717, 1.165) is 43.2 Å². The molecule has 118 valence electrons. The highest BCUT2D eigenvalue weighted by molar-refractivity contribution is 9.10. The van der Waals surface area contributed by atoms with Crippen LogP contribution in [0.15, 0.2) is 59.2 Å². The molecule has 0 amide bonds. The molecule has 2 aromatic carbocycles. The monoisotopic (exact) mass is 378 g/mol. The van der Waals surface area contributed by atoms with Crippen LogP contribution < -0.4 is 11.1 Å². The van der Waals surface area contributed by atoms with Crippen LogP contribution in [0.2, 0.25) is 0 Å². The van der Waals surface area contributed by atoms with Crippen molar-refractivity contribution in [2.45, 2.75) is 6.92 Å². The van der Waals surface area contributed by atoms with Gasteiger partial charge < -0.3 is 11.1 Å². The molecule has 5 heteroatoms. The molecule has 0 aliphatic rings. The summed E-state index contributed by atoms with van der Waals surface area (Å²) in [5.41, 5.74) is 9.90. The van der Waals surface area contributed by atoms with E-state index < -0.39 is 0 Å². The first kappa shape index (κ1) is 14.9. The lowest BCUT2D eigenvalue weighted by Gasteiger charge is -2.12. The third kappa shape index (κ3) is 2.47.